The lowest BCUT2D eigenvalue weighted by Crippen LogP contribution is -2.38. The fraction of sp³-hybridized carbons (Fsp3) is 0.400. The van der Waals surface area contributed by atoms with Crippen LogP contribution in [0.2, 0.25) is 0 Å². The first-order chi connectivity index (χ1) is 3.97. The number of fused-ring (bicyclic) bond motifs is 1. The highest BCUT2D eigenvalue weighted by Gasteiger charge is 2.31. The van der Waals surface area contributed by atoms with E-state index >= 15 is 0 Å². The van der Waals surface area contributed by atoms with Gasteiger partial charge in [0.1, 0.15) is 0 Å². The zero-order valence-corrected chi connectivity index (χ0v) is 4.20. The highest BCUT2D eigenvalue weighted by atomic mass is 17.2. The van der Waals surface area contributed by atoms with E-state index in [0.717, 1.165) is 6.42 Å². The summed E-state index contributed by atoms with van der Waals surface area (Å²) in [5.41, 5.74) is 0. The van der Waals surface area contributed by atoms with Crippen LogP contribution in [0.4, 0.5) is 0 Å². The number of hydrogen-bond donors (Lipinski definition) is 0. The molecular weight excluding hydrogens is 106 g/mol. The Balaban J connectivity index is 2.23. The van der Waals surface area contributed by atoms with E-state index < -0.39 is 0 Å². The van der Waals surface area contributed by atoms with E-state index in [4.69, 9.17) is 0 Å². The summed E-state index contributed by atoms with van der Waals surface area (Å²) >= 11 is 0. The molecule has 3 nitrogen and oxygen atoms in total. The molecule has 2 heterocycles. The van der Waals surface area contributed by atoms with Crippen molar-refractivity contribution in [1.82, 2.24) is 0 Å². The molecule has 0 aliphatic carbocycles. The van der Waals surface area contributed by atoms with Gasteiger partial charge in [-0.15, -0.1) is 0 Å². The summed E-state index contributed by atoms with van der Waals surface area (Å²) in [7, 11) is 0. The van der Waals surface area contributed by atoms with Gasteiger partial charge in [-0.25, -0.2) is 4.99 Å². The number of hydrogen-bond acceptors (Lipinski definition) is 3. The second-order valence-corrected chi connectivity index (χ2v) is 1.76. The van der Waals surface area contributed by atoms with Gasteiger partial charge in [0.05, 0.1) is 0 Å². The smallest absolute Gasteiger partial charge is 0.266 e. The third-order valence-electron chi connectivity index (χ3n) is 1.18. The third kappa shape index (κ3) is 0.391. The summed E-state index contributed by atoms with van der Waals surface area (Å²) in [6.07, 6.45) is 4.71. The molecule has 0 spiro atoms. The molecule has 0 N–H and O–H groups in total. The second kappa shape index (κ2) is 1.32. The Morgan fingerprint density at radius 2 is 2.75 bits per heavy atom. The van der Waals surface area contributed by atoms with E-state index in [-0.39, 0.29) is 6.10 Å². The van der Waals surface area contributed by atoms with Gasteiger partial charge in [0, 0.05) is 12.6 Å². The van der Waals surface area contributed by atoms with Crippen molar-refractivity contribution in [1.29, 1.82) is 0 Å². The summed E-state index contributed by atoms with van der Waals surface area (Å²) in [5, 5.41) is 0. The molecule has 3 heteroatoms. The van der Waals surface area contributed by atoms with Crippen LogP contribution in [0.1, 0.15) is 6.42 Å². The molecular formula is C5H5NO2. The van der Waals surface area contributed by atoms with Gasteiger partial charge in [0.25, 0.3) is 5.90 Å². The predicted molar refractivity (Wildman–Crippen MR) is 27.1 cm³/mol. The second-order valence-electron chi connectivity index (χ2n) is 1.76. The molecule has 2 aliphatic heterocycles. The number of rotatable bonds is 0. The van der Waals surface area contributed by atoms with Crippen LogP contribution in [0.3, 0.4) is 0 Å². The zero-order chi connectivity index (χ0) is 5.40. The first-order valence-electron chi connectivity index (χ1n) is 2.53. The summed E-state index contributed by atoms with van der Waals surface area (Å²) in [6.45, 7) is 0. The fourth-order valence-electron chi connectivity index (χ4n) is 0.715. The molecule has 2 aliphatic rings. The minimum absolute atomic E-state index is 0.125. The molecule has 0 amide bonds. The maximum absolute atomic E-state index is 4.65. The average molecular weight is 111 g/mol. The molecule has 0 saturated carbocycles. The van der Waals surface area contributed by atoms with E-state index in [1.165, 1.54) is 0 Å². The monoisotopic (exact) mass is 111 g/mol. The topological polar surface area (TPSA) is 30.8 Å². The van der Waals surface area contributed by atoms with Gasteiger partial charge < -0.3 is 4.89 Å². The minimum atomic E-state index is 0.125. The Morgan fingerprint density at radius 1 is 1.75 bits per heavy atom. The van der Waals surface area contributed by atoms with Gasteiger partial charge in [0.15, 0.2) is 6.10 Å². The summed E-state index contributed by atoms with van der Waals surface area (Å²) < 4.78 is 0. The third-order valence-corrected chi connectivity index (χ3v) is 1.18. The first kappa shape index (κ1) is 4.09. The van der Waals surface area contributed by atoms with Crippen LogP contribution in [0.5, 0.6) is 0 Å². The van der Waals surface area contributed by atoms with Crippen molar-refractivity contribution in [2.24, 2.45) is 4.99 Å². The molecule has 0 aromatic heterocycles. The average Bonchev–Trinajstić information content (AvgIpc) is 1.72. The van der Waals surface area contributed by atoms with Crippen molar-refractivity contribution in [3.63, 3.8) is 0 Å². The molecule has 2 rings (SSSR count). The molecule has 0 aromatic rings. The van der Waals surface area contributed by atoms with Gasteiger partial charge in [0.2, 0.25) is 0 Å². The normalized spacial score (nSPS) is 32.0. The number of aliphatic imine (C=N–C) groups is 1. The van der Waals surface area contributed by atoms with Crippen molar-refractivity contribution < 1.29 is 9.78 Å². The van der Waals surface area contributed by atoms with Crippen LogP contribution in [-0.4, -0.2) is 12.0 Å². The van der Waals surface area contributed by atoms with Crippen LogP contribution in [-0.2, 0) is 9.78 Å². The number of nitrogens with zero attached hydrogens (tertiary/aromatic N) is 1. The molecule has 8 heavy (non-hydrogen) atoms. The molecule has 1 fully saturated rings. The highest BCUT2D eigenvalue weighted by molar-refractivity contribution is 5.84. The maximum atomic E-state index is 4.65. The molecule has 1 saturated heterocycles. The zero-order valence-electron chi connectivity index (χ0n) is 4.20. The van der Waals surface area contributed by atoms with Crippen molar-refractivity contribution >= 4 is 5.90 Å². The van der Waals surface area contributed by atoms with Crippen molar-refractivity contribution in [2.75, 3.05) is 0 Å². The van der Waals surface area contributed by atoms with E-state index in [1.807, 2.05) is 6.08 Å². The highest BCUT2D eigenvalue weighted by Crippen LogP contribution is 2.18. The Bertz CT molecular complexity index is 162. The van der Waals surface area contributed by atoms with Crippen LogP contribution in [0.15, 0.2) is 17.3 Å². The maximum Gasteiger partial charge on any atom is 0.266 e. The van der Waals surface area contributed by atoms with Gasteiger partial charge in [-0.05, 0) is 0 Å². The standard InChI is InChI=1S/C5H5NO2/c1-2-4-5(6-3-1)8-7-4/h1,3-4H,2H2. The lowest BCUT2D eigenvalue weighted by atomic mass is 10.2. The van der Waals surface area contributed by atoms with Crippen LogP contribution in [0, 0.1) is 0 Å². The molecule has 0 aromatic carbocycles. The van der Waals surface area contributed by atoms with Crippen LogP contribution >= 0.6 is 0 Å². The lowest BCUT2D eigenvalue weighted by molar-refractivity contribution is -0.309. The molecule has 1 unspecified atom stereocenters. The van der Waals surface area contributed by atoms with Gasteiger partial charge in [-0.1, -0.05) is 6.08 Å². The van der Waals surface area contributed by atoms with Crippen molar-refractivity contribution in [2.45, 2.75) is 12.5 Å². The van der Waals surface area contributed by atoms with E-state index in [0.29, 0.717) is 5.90 Å². The fourth-order valence-corrected chi connectivity index (χ4v) is 0.715. The van der Waals surface area contributed by atoms with Crippen LogP contribution in [0.25, 0.3) is 0 Å². The largest absolute Gasteiger partial charge is 0.318 e. The summed E-state index contributed by atoms with van der Waals surface area (Å²) in [5.74, 6) is 0.715. The van der Waals surface area contributed by atoms with Gasteiger partial charge >= 0.3 is 0 Å². The van der Waals surface area contributed by atoms with Crippen LogP contribution < -0.4 is 0 Å². The minimum Gasteiger partial charge on any atom is -0.318 e. The molecule has 42 valence electrons. The van der Waals surface area contributed by atoms with E-state index in [1.54, 1.807) is 6.20 Å². The predicted octanol–water partition coefficient (Wildman–Crippen LogP) is 0.633. The van der Waals surface area contributed by atoms with E-state index in [9.17, 15) is 0 Å². The first-order valence-corrected chi connectivity index (χ1v) is 2.53. The molecule has 0 bridgehead atoms. The molecule has 0 radical (unpaired) electrons. The quantitative estimate of drug-likeness (QED) is 0.429. The molecule has 1 atom stereocenters. The lowest BCUT2D eigenvalue weighted by Gasteiger charge is -2.26. The van der Waals surface area contributed by atoms with Crippen molar-refractivity contribution in [3.05, 3.63) is 12.3 Å². The summed E-state index contributed by atoms with van der Waals surface area (Å²) in [6, 6.07) is 0. The Labute approximate surface area is 46.5 Å². The van der Waals surface area contributed by atoms with E-state index in [2.05, 4.69) is 14.8 Å². The Kier molecular flexibility index (Phi) is 0.676. The van der Waals surface area contributed by atoms with Gasteiger partial charge in [-0.2, -0.15) is 4.89 Å². The van der Waals surface area contributed by atoms with Gasteiger partial charge in [-0.3, -0.25) is 0 Å². The Hall–Kier alpha value is -0.830. The summed E-state index contributed by atoms with van der Waals surface area (Å²) in [4.78, 5) is 13.1. The Morgan fingerprint density at radius 3 is 3.12 bits per heavy atom. The SMILES string of the molecule is C1=CN=C2OOC2C1. The van der Waals surface area contributed by atoms with Crippen molar-refractivity contribution in [3.8, 4) is 0 Å².